The number of hydrogen-bond acceptors (Lipinski definition) is 3. The predicted octanol–water partition coefficient (Wildman–Crippen LogP) is 1.46. The predicted molar refractivity (Wildman–Crippen MR) is 61.6 cm³/mol. The maximum Gasteiger partial charge on any atom is 0.0949 e. The Hall–Kier alpha value is -0.900. The van der Waals surface area contributed by atoms with E-state index in [0.29, 0.717) is 5.92 Å². The van der Waals surface area contributed by atoms with Gasteiger partial charge in [0.15, 0.2) is 0 Å². The van der Waals surface area contributed by atoms with Crippen LogP contribution in [0.3, 0.4) is 0 Å². The first-order valence-electron chi connectivity index (χ1n) is 5.93. The van der Waals surface area contributed by atoms with Gasteiger partial charge < -0.3 is 14.8 Å². The Bertz CT molecular complexity index is 339. The van der Waals surface area contributed by atoms with Crippen molar-refractivity contribution in [3.63, 3.8) is 0 Å². The van der Waals surface area contributed by atoms with Gasteiger partial charge in [0.25, 0.3) is 0 Å². The van der Waals surface area contributed by atoms with E-state index in [-0.39, 0.29) is 6.10 Å². The molecular weight excluding hydrogens is 202 g/mol. The highest BCUT2D eigenvalue weighted by Crippen LogP contribution is 2.26. The van der Waals surface area contributed by atoms with Crippen LogP contribution in [0.5, 0.6) is 0 Å². The molecule has 2 saturated heterocycles. The first kappa shape index (κ1) is 10.3. The average Bonchev–Trinajstić information content (AvgIpc) is 2.29. The van der Waals surface area contributed by atoms with E-state index in [2.05, 4.69) is 29.6 Å². The number of benzene rings is 1. The van der Waals surface area contributed by atoms with E-state index in [1.807, 2.05) is 0 Å². The van der Waals surface area contributed by atoms with Crippen molar-refractivity contribution in [2.24, 2.45) is 0 Å². The van der Waals surface area contributed by atoms with Gasteiger partial charge in [-0.2, -0.15) is 0 Å². The maximum atomic E-state index is 5.72. The maximum absolute atomic E-state index is 5.72. The minimum atomic E-state index is 0.223. The number of rotatable bonds is 2. The largest absolute Gasteiger partial charge is 0.380 e. The molecule has 2 aliphatic heterocycles. The van der Waals surface area contributed by atoms with Crippen molar-refractivity contribution in [2.75, 3.05) is 32.9 Å². The summed E-state index contributed by atoms with van der Waals surface area (Å²) in [6, 6.07) is 8.79. The van der Waals surface area contributed by atoms with Crippen LogP contribution < -0.4 is 5.32 Å². The summed E-state index contributed by atoms with van der Waals surface area (Å²) in [5, 5.41) is 3.35. The third-order valence-corrected chi connectivity index (χ3v) is 3.35. The Morgan fingerprint density at radius 3 is 2.38 bits per heavy atom. The third kappa shape index (κ3) is 1.98. The Labute approximate surface area is 95.8 Å². The first-order chi connectivity index (χ1) is 7.93. The van der Waals surface area contributed by atoms with Crippen LogP contribution in [-0.2, 0) is 9.47 Å². The molecule has 0 aromatic heterocycles. The molecule has 0 spiro atoms. The first-order valence-corrected chi connectivity index (χ1v) is 5.93. The number of ether oxygens (including phenoxy) is 2. The molecule has 1 aromatic carbocycles. The van der Waals surface area contributed by atoms with Gasteiger partial charge in [-0.25, -0.2) is 0 Å². The van der Waals surface area contributed by atoms with Crippen molar-refractivity contribution < 1.29 is 9.47 Å². The van der Waals surface area contributed by atoms with Crippen molar-refractivity contribution in [3.8, 4) is 0 Å². The van der Waals surface area contributed by atoms with E-state index in [4.69, 9.17) is 9.47 Å². The molecule has 1 N–H and O–H groups in total. The molecule has 1 atom stereocenters. The second-order valence-electron chi connectivity index (χ2n) is 4.46. The highest BCUT2D eigenvalue weighted by atomic mass is 16.5. The Morgan fingerprint density at radius 2 is 1.81 bits per heavy atom. The van der Waals surface area contributed by atoms with Gasteiger partial charge in [-0.1, -0.05) is 24.3 Å². The van der Waals surface area contributed by atoms with E-state index in [1.54, 1.807) is 0 Å². The van der Waals surface area contributed by atoms with E-state index in [1.165, 1.54) is 11.1 Å². The third-order valence-electron chi connectivity index (χ3n) is 3.35. The highest BCUT2D eigenvalue weighted by molar-refractivity contribution is 5.28. The molecule has 2 aliphatic rings. The van der Waals surface area contributed by atoms with Gasteiger partial charge in [0.2, 0.25) is 0 Å². The standard InChI is InChI=1S/C13H17NO2/c1-3-11(13-7-14-5-6-16-13)4-2-10(1)12-8-15-9-12/h1-4,12-14H,5-9H2. The molecule has 1 aromatic rings. The summed E-state index contributed by atoms with van der Waals surface area (Å²) in [5.74, 6) is 0.611. The zero-order valence-corrected chi connectivity index (χ0v) is 9.32. The molecule has 1 unspecified atom stereocenters. The molecule has 0 aliphatic carbocycles. The smallest absolute Gasteiger partial charge is 0.0949 e. The lowest BCUT2D eigenvalue weighted by Gasteiger charge is -2.27. The van der Waals surface area contributed by atoms with E-state index in [9.17, 15) is 0 Å². The number of hydrogen-bond donors (Lipinski definition) is 1. The van der Waals surface area contributed by atoms with Crippen LogP contribution in [0.1, 0.15) is 23.1 Å². The summed E-state index contributed by atoms with van der Waals surface area (Å²) < 4.78 is 10.9. The average molecular weight is 219 g/mol. The van der Waals surface area contributed by atoms with E-state index >= 15 is 0 Å². The fraction of sp³-hybridized carbons (Fsp3) is 0.538. The van der Waals surface area contributed by atoms with Crippen LogP contribution >= 0.6 is 0 Å². The molecule has 0 bridgehead atoms. The molecule has 0 radical (unpaired) electrons. The Kier molecular flexibility index (Phi) is 2.91. The molecule has 0 amide bonds. The van der Waals surface area contributed by atoms with Gasteiger partial charge in [0.1, 0.15) is 0 Å². The number of morpholine rings is 1. The molecule has 86 valence electrons. The molecule has 16 heavy (non-hydrogen) atoms. The quantitative estimate of drug-likeness (QED) is 0.817. The lowest BCUT2D eigenvalue weighted by molar-refractivity contribution is 0.00829. The zero-order chi connectivity index (χ0) is 10.8. The fourth-order valence-electron chi connectivity index (χ4n) is 2.19. The molecule has 3 rings (SSSR count). The summed E-state index contributed by atoms with van der Waals surface area (Å²) in [7, 11) is 0. The normalized spacial score (nSPS) is 26.4. The lowest BCUT2D eigenvalue weighted by Crippen LogP contribution is -2.33. The Morgan fingerprint density at radius 1 is 1.06 bits per heavy atom. The Balaban J connectivity index is 1.70. The highest BCUT2D eigenvalue weighted by Gasteiger charge is 2.21. The van der Waals surface area contributed by atoms with Crippen LogP contribution in [0, 0.1) is 0 Å². The fourth-order valence-corrected chi connectivity index (χ4v) is 2.19. The minimum absolute atomic E-state index is 0.223. The summed E-state index contributed by atoms with van der Waals surface area (Å²) in [4.78, 5) is 0. The SMILES string of the molecule is c1cc(C2CNCCO2)ccc1C1COC1. The molecule has 0 saturated carbocycles. The van der Waals surface area contributed by atoms with Crippen LogP contribution in [0.25, 0.3) is 0 Å². The monoisotopic (exact) mass is 219 g/mol. The van der Waals surface area contributed by atoms with Gasteiger partial charge in [-0.05, 0) is 11.1 Å². The molecule has 3 heteroatoms. The molecule has 2 fully saturated rings. The van der Waals surface area contributed by atoms with Gasteiger partial charge >= 0.3 is 0 Å². The molecular formula is C13H17NO2. The number of nitrogens with one attached hydrogen (secondary N) is 1. The topological polar surface area (TPSA) is 30.5 Å². The van der Waals surface area contributed by atoms with Crippen molar-refractivity contribution >= 4 is 0 Å². The van der Waals surface area contributed by atoms with Crippen LogP contribution in [0.4, 0.5) is 0 Å². The van der Waals surface area contributed by atoms with Crippen LogP contribution in [0.15, 0.2) is 24.3 Å². The second-order valence-corrected chi connectivity index (χ2v) is 4.46. The molecule has 3 nitrogen and oxygen atoms in total. The van der Waals surface area contributed by atoms with Gasteiger partial charge in [-0.15, -0.1) is 0 Å². The van der Waals surface area contributed by atoms with Gasteiger partial charge in [0, 0.05) is 19.0 Å². The summed E-state index contributed by atoms with van der Waals surface area (Å²) in [6.07, 6.45) is 0.223. The summed E-state index contributed by atoms with van der Waals surface area (Å²) >= 11 is 0. The van der Waals surface area contributed by atoms with Gasteiger partial charge in [-0.3, -0.25) is 0 Å². The zero-order valence-electron chi connectivity index (χ0n) is 9.32. The van der Waals surface area contributed by atoms with Gasteiger partial charge in [0.05, 0.1) is 25.9 Å². The van der Waals surface area contributed by atoms with Crippen LogP contribution in [-0.4, -0.2) is 32.9 Å². The van der Waals surface area contributed by atoms with E-state index < -0.39 is 0 Å². The van der Waals surface area contributed by atoms with Crippen molar-refractivity contribution in [2.45, 2.75) is 12.0 Å². The second kappa shape index (κ2) is 4.53. The molecule has 2 heterocycles. The van der Waals surface area contributed by atoms with E-state index in [0.717, 1.165) is 32.9 Å². The van der Waals surface area contributed by atoms with Crippen molar-refractivity contribution in [1.82, 2.24) is 5.32 Å². The lowest BCUT2D eigenvalue weighted by atomic mass is 9.95. The van der Waals surface area contributed by atoms with Crippen LogP contribution in [0.2, 0.25) is 0 Å². The van der Waals surface area contributed by atoms with Crippen molar-refractivity contribution in [3.05, 3.63) is 35.4 Å². The van der Waals surface area contributed by atoms with Crippen molar-refractivity contribution in [1.29, 1.82) is 0 Å². The minimum Gasteiger partial charge on any atom is -0.380 e. The summed E-state index contributed by atoms with van der Waals surface area (Å²) in [6.45, 7) is 4.45. The summed E-state index contributed by atoms with van der Waals surface area (Å²) in [5.41, 5.74) is 2.66.